The van der Waals surface area contributed by atoms with E-state index in [2.05, 4.69) is 10.2 Å². The van der Waals surface area contributed by atoms with E-state index in [1.54, 1.807) is 0 Å². The molecule has 3 atom stereocenters. The minimum Gasteiger partial charge on any atom is -0.334 e. The maximum atomic E-state index is 13.0. The quantitative estimate of drug-likeness (QED) is 0.848. The molecular formula is C18H30N2O. The lowest BCUT2D eigenvalue weighted by Crippen LogP contribution is -2.63. The van der Waals surface area contributed by atoms with Crippen molar-refractivity contribution in [3.63, 3.8) is 0 Å². The zero-order chi connectivity index (χ0) is 14.3. The van der Waals surface area contributed by atoms with Crippen molar-refractivity contribution in [2.45, 2.75) is 69.7 Å². The molecule has 1 N–H and O–H groups in total. The van der Waals surface area contributed by atoms with Gasteiger partial charge in [-0.05, 0) is 49.9 Å². The predicted molar refractivity (Wildman–Crippen MR) is 84.0 cm³/mol. The topological polar surface area (TPSA) is 32.3 Å². The van der Waals surface area contributed by atoms with Gasteiger partial charge in [-0.2, -0.15) is 0 Å². The van der Waals surface area contributed by atoms with E-state index in [0.29, 0.717) is 11.8 Å². The lowest BCUT2D eigenvalue weighted by Gasteiger charge is -2.50. The van der Waals surface area contributed by atoms with Crippen molar-refractivity contribution in [2.75, 3.05) is 19.6 Å². The lowest BCUT2D eigenvalue weighted by molar-refractivity contribution is -0.142. The van der Waals surface area contributed by atoms with Crippen molar-refractivity contribution in [3.05, 3.63) is 0 Å². The van der Waals surface area contributed by atoms with Crippen LogP contribution >= 0.6 is 0 Å². The number of carbonyl (C=O) groups excluding carboxylic acids is 1. The molecular weight excluding hydrogens is 260 g/mol. The Morgan fingerprint density at radius 2 is 2.00 bits per heavy atom. The summed E-state index contributed by atoms with van der Waals surface area (Å²) >= 11 is 0. The summed E-state index contributed by atoms with van der Waals surface area (Å²) in [5.41, 5.74) is 0.172. The average Bonchev–Trinajstić information content (AvgIpc) is 3.11. The average molecular weight is 290 g/mol. The van der Waals surface area contributed by atoms with Gasteiger partial charge in [0.15, 0.2) is 0 Å². The number of amides is 1. The minimum absolute atomic E-state index is 0.172. The number of hydrogen-bond donors (Lipinski definition) is 1. The predicted octanol–water partition coefficient (Wildman–Crippen LogP) is 2.95. The first-order valence-corrected chi connectivity index (χ1v) is 9.28. The van der Waals surface area contributed by atoms with Crippen molar-refractivity contribution in [2.24, 2.45) is 17.8 Å². The number of nitrogens with one attached hydrogen (secondary N) is 1. The molecule has 3 nitrogen and oxygen atoms in total. The van der Waals surface area contributed by atoms with Gasteiger partial charge in [0, 0.05) is 26.1 Å². The molecule has 21 heavy (non-hydrogen) atoms. The molecule has 0 radical (unpaired) electrons. The monoisotopic (exact) mass is 290 g/mol. The molecule has 3 aliphatic carbocycles. The van der Waals surface area contributed by atoms with Crippen LogP contribution in [0.5, 0.6) is 0 Å². The molecule has 0 aromatic rings. The summed E-state index contributed by atoms with van der Waals surface area (Å²) in [5.74, 6) is 3.03. The highest BCUT2D eigenvalue weighted by Gasteiger charge is 2.45. The van der Waals surface area contributed by atoms with E-state index in [1.165, 1.54) is 57.8 Å². The molecule has 3 saturated carbocycles. The second-order valence-corrected chi connectivity index (χ2v) is 8.15. The molecule has 1 heterocycles. The van der Waals surface area contributed by atoms with E-state index >= 15 is 0 Å². The zero-order valence-electron chi connectivity index (χ0n) is 13.3. The Morgan fingerprint density at radius 3 is 2.71 bits per heavy atom. The Bertz CT molecular complexity index is 394. The summed E-state index contributed by atoms with van der Waals surface area (Å²) in [5, 5.41) is 3.56. The fourth-order valence-corrected chi connectivity index (χ4v) is 5.85. The van der Waals surface area contributed by atoms with Crippen LogP contribution in [0.15, 0.2) is 0 Å². The number of piperazine rings is 1. The largest absolute Gasteiger partial charge is 0.334 e. The van der Waals surface area contributed by atoms with E-state index in [1.807, 2.05) is 0 Å². The van der Waals surface area contributed by atoms with Gasteiger partial charge in [-0.15, -0.1) is 0 Å². The molecule has 0 aromatic heterocycles. The first-order valence-electron chi connectivity index (χ1n) is 9.28. The van der Waals surface area contributed by atoms with Crippen LogP contribution in [0.25, 0.3) is 0 Å². The molecule has 4 fully saturated rings. The van der Waals surface area contributed by atoms with Crippen LogP contribution in [0.3, 0.4) is 0 Å². The Kier molecular flexibility index (Phi) is 3.72. The van der Waals surface area contributed by atoms with Crippen molar-refractivity contribution in [3.8, 4) is 0 Å². The molecule has 2 bridgehead atoms. The number of rotatable bonds is 2. The highest BCUT2D eigenvalue weighted by molar-refractivity contribution is 5.77. The normalized spacial score (nSPS) is 38.1. The van der Waals surface area contributed by atoms with E-state index < -0.39 is 0 Å². The molecule has 3 heteroatoms. The standard InChI is InChI=1S/C18H30N2O/c21-17(12-16-11-14-4-5-15(16)10-14)20-9-8-19-13-18(20)6-2-1-3-7-18/h14-16,19H,1-13H2. The van der Waals surface area contributed by atoms with Crippen LogP contribution in [0.4, 0.5) is 0 Å². The van der Waals surface area contributed by atoms with Gasteiger partial charge in [-0.25, -0.2) is 0 Å². The first-order chi connectivity index (χ1) is 10.3. The Labute approximate surface area is 128 Å². The summed E-state index contributed by atoms with van der Waals surface area (Å²) in [6.07, 6.45) is 12.9. The number of hydrogen-bond acceptors (Lipinski definition) is 2. The van der Waals surface area contributed by atoms with E-state index in [4.69, 9.17) is 0 Å². The molecule has 3 unspecified atom stereocenters. The third-order valence-corrected chi connectivity index (χ3v) is 6.95. The molecule has 1 aliphatic heterocycles. The molecule has 1 saturated heterocycles. The molecule has 4 rings (SSSR count). The molecule has 0 aromatic carbocycles. The fourth-order valence-electron chi connectivity index (χ4n) is 5.85. The first kappa shape index (κ1) is 14.0. The van der Waals surface area contributed by atoms with Crippen molar-refractivity contribution >= 4 is 5.91 Å². The second kappa shape index (κ2) is 5.57. The van der Waals surface area contributed by atoms with Crippen LogP contribution in [0.1, 0.15) is 64.2 Å². The second-order valence-electron chi connectivity index (χ2n) is 8.15. The van der Waals surface area contributed by atoms with Crippen LogP contribution in [0.2, 0.25) is 0 Å². The van der Waals surface area contributed by atoms with Gasteiger partial charge in [0.05, 0.1) is 5.54 Å². The number of carbonyl (C=O) groups is 1. The summed E-state index contributed by atoms with van der Waals surface area (Å²) in [6.45, 7) is 2.97. The van der Waals surface area contributed by atoms with Crippen molar-refractivity contribution in [1.82, 2.24) is 10.2 Å². The number of nitrogens with zero attached hydrogens (tertiary/aromatic N) is 1. The Morgan fingerprint density at radius 1 is 1.14 bits per heavy atom. The fraction of sp³-hybridized carbons (Fsp3) is 0.944. The summed E-state index contributed by atoms with van der Waals surface area (Å²) in [4.78, 5) is 15.3. The smallest absolute Gasteiger partial charge is 0.223 e. The summed E-state index contributed by atoms with van der Waals surface area (Å²) in [7, 11) is 0. The van der Waals surface area contributed by atoms with Crippen LogP contribution < -0.4 is 5.32 Å². The highest BCUT2D eigenvalue weighted by Crippen LogP contribution is 2.50. The number of fused-ring (bicyclic) bond motifs is 2. The van der Waals surface area contributed by atoms with Gasteiger partial charge in [0.2, 0.25) is 5.91 Å². The third-order valence-electron chi connectivity index (χ3n) is 6.95. The van der Waals surface area contributed by atoms with Crippen LogP contribution in [-0.4, -0.2) is 36.0 Å². The molecule has 4 aliphatic rings. The summed E-state index contributed by atoms with van der Waals surface area (Å²) in [6, 6.07) is 0. The van der Waals surface area contributed by atoms with Gasteiger partial charge in [0.1, 0.15) is 0 Å². The van der Waals surface area contributed by atoms with Gasteiger partial charge in [-0.1, -0.05) is 25.7 Å². The lowest BCUT2D eigenvalue weighted by atomic mass is 9.78. The maximum absolute atomic E-state index is 13.0. The molecule has 1 amide bonds. The van der Waals surface area contributed by atoms with Gasteiger partial charge in [-0.3, -0.25) is 4.79 Å². The van der Waals surface area contributed by atoms with E-state index in [-0.39, 0.29) is 5.54 Å². The minimum atomic E-state index is 0.172. The zero-order valence-corrected chi connectivity index (χ0v) is 13.3. The van der Waals surface area contributed by atoms with E-state index in [9.17, 15) is 4.79 Å². The molecule has 118 valence electrons. The van der Waals surface area contributed by atoms with E-state index in [0.717, 1.165) is 37.9 Å². The maximum Gasteiger partial charge on any atom is 0.223 e. The van der Waals surface area contributed by atoms with Crippen LogP contribution in [-0.2, 0) is 4.79 Å². The third kappa shape index (κ3) is 2.52. The Hall–Kier alpha value is -0.570. The highest BCUT2D eigenvalue weighted by atomic mass is 16.2. The van der Waals surface area contributed by atoms with Crippen molar-refractivity contribution in [1.29, 1.82) is 0 Å². The van der Waals surface area contributed by atoms with Crippen molar-refractivity contribution < 1.29 is 4.79 Å². The SMILES string of the molecule is O=C(CC1CC2CCC1C2)N1CCNCC12CCCCC2. The van der Waals surface area contributed by atoms with Gasteiger partial charge < -0.3 is 10.2 Å². The Balaban J connectivity index is 1.44. The van der Waals surface area contributed by atoms with Gasteiger partial charge in [0.25, 0.3) is 0 Å². The van der Waals surface area contributed by atoms with Gasteiger partial charge >= 0.3 is 0 Å². The van der Waals surface area contributed by atoms with Crippen LogP contribution in [0, 0.1) is 17.8 Å². The summed E-state index contributed by atoms with van der Waals surface area (Å²) < 4.78 is 0. The molecule has 1 spiro atoms.